The van der Waals surface area contributed by atoms with Crippen LogP contribution in [0.15, 0.2) is 35.2 Å². The average Bonchev–Trinajstić information content (AvgIpc) is 3.19. The maximum absolute atomic E-state index is 12.3. The minimum atomic E-state index is -3.42. The van der Waals surface area contributed by atoms with Gasteiger partial charge in [0.1, 0.15) is 6.79 Å². The van der Waals surface area contributed by atoms with Crippen molar-refractivity contribution in [3.63, 3.8) is 0 Å². The van der Waals surface area contributed by atoms with Gasteiger partial charge in [-0.15, -0.1) is 0 Å². The Labute approximate surface area is 120 Å². The zero-order chi connectivity index (χ0) is 14.5. The maximum Gasteiger partial charge on any atom is 0.241 e. The van der Waals surface area contributed by atoms with E-state index in [0.717, 1.165) is 25.7 Å². The molecule has 1 fully saturated rings. The Morgan fingerprint density at radius 1 is 1.25 bits per heavy atom. The number of sulfonamides is 1. The first-order valence-corrected chi connectivity index (χ1v) is 8.22. The molecule has 0 heterocycles. The van der Waals surface area contributed by atoms with Gasteiger partial charge in [-0.1, -0.05) is 18.2 Å². The molecular formula is C14H21NO4S. The number of rotatable bonds is 9. The lowest BCUT2D eigenvalue weighted by Crippen LogP contribution is -2.37. The number of ether oxygens (including phenoxy) is 2. The van der Waals surface area contributed by atoms with E-state index < -0.39 is 10.0 Å². The summed E-state index contributed by atoms with van der Waals surface area (Å²) >= 11 is 0. The van der Waals surface area contributed by atoms with Gasteiger partial charge in [-0.3, -0.25) is 0 Å². The molecule has 0 saturated heterocycles. The lowest BCUT2D eigenvalue weighted by atomic mass is 10.1. The second-order valence-corrected chi connectivity index (χ2v) is 6.80. The van der Waals surface area contributed by atoms with Crippen LogP contribution in [0.4, 0.5) is 0 Å². The molecule has 6 heteroatoms. The highest BCUT2D eigenvalue weighted by Gasteiger charge is 2.45. The third kappa shape index (κ3) is 4.28. The number of methoxy groups -OCH3 is 1. The van der Waals surface area contributed by atoms with E-state index in [1.807, 2.05) is 0 Å². The van der Waals surface area contributed by atoms with E-state index >= 15 is 0 Å². The van der Waals surface area contributed by atoms with E-state index in [1.165, 1.54) is 0 Å². The Bertz CT molecular complexity index is 511. The highest BCUT2D eigenvalue weighted by atomic mass is 32.2. The van der Waals surface area contributed by atoms with Crippen LogP contribution in [0.25, 0.3) is 0 Å². The van der Waals surface area contributed by atoms with Crippen LogP contribution in [0.3, 0.4) is 0 Å². The molecule has 1 N–H and O–H groups in total. The van der Waals surface area contributed by atoms with Crippen molar-refractivity contribution in [1.82, 2.24) is 4.72 Å². The molecule has 0 aliphatic heterocycles. The topological polar surface area (TPSA) is 64.6 Å². The first kappa shape index (κ1) is 15.4. The summed E-state index contributed by atoms with van der Waals surface area (Å²) in [5.74, 6) is 0. The monoisotopic (exact) mass is 299 g/mol. The van der Waals surface area contributed by atoms with E-state index in [1.54, 1.807) is 37.4 Å². The number of hydrogen-bond donors (Lipinski definition) is 1. The molecule has 112 valence electrons. The quantitative estimate of drug-likeness (QED) is 0.559. The summed E-state index contributed by atoms with van der Waals surface area (Å²) in [6.45, 7) is 0.866. The molecule has 0 bridgehead atoms. The molecule has 1 saturated carbocycles. The van der Waals surface area contributed by atoms with Crippen molar-refractivity contribution in [2.24, 2.45) is 0 Å². The third-order valence-corrected chi connectivity index (χ3v) is 5.00. The molecule has 1 aliphatic carbocycles. The Balaban J connectivity index is 1.86. The minimum absolute atomic E-state index is 0.273. The van der Waals surface area contributed by atoms with E-state index in [0.29, 0.717) is 11.5 Å². The zero-order valence-corrected chi connectivity index (χ0v) is 12.5. The van der Waals surface area contributed by atoms with E-state index in [-0.39, 0.29) is 12.3 Å². The highest BCUT2D eigenvalue weighted by molar-refractivity contribution is 7.89. The van der Waals surface area contributed by atoms with Crippen molar-refractivity contribution in [3.05, 3.63) is 30.3 Å². The normalized spacial score (nSPS) is 17.1. The van der Waals surface area contributed by atoms with Gasteiger partial charge in [-0.25, -0.2) is 13.1 Å². The predicted molar refractivity (Wildman–Crippen MR) is 75.8 cm³/mol. The fourth-order valence-corrected chi connectivity index (χ4v) is 3.66. The van der Waals surface area contributed by atoms with Crippen LogP contribution >= 0.6 is 0 Å². The standard InChI is InChI=1S/C14H21NO4S/c1-18-12-19-11-5-8-14(9-10-14)15-20(16,17)13-6-3-2-4-7-13/h2-4,6-7,15H,5,8-12H2,1H3. The van der Waals surface area contributed by atoms with Crippen LogP contribution in [0.2, 0.25) is 0 Å². The fraction of sp³-hybridized carbons (Fsp3) is 0.571. The zero-order valence-electron chi connectivity index (χ0n) is 11.7. The first-order chi connectivity index (χ1) is 9.58. The van der Waals surface area contributed by atoms with E-state index in [2.05, 4.69) is 4.72 Å². The van der Waals surface area contributed by atoms with Gasteiger partial charge < -0.3 is 9.47 Å². The number of hydrogen-bond acceptors (Lipinski definition) is 4. The second-order valence-electron chi connectivity index (χ2n) is 5.12. The van der Waals surface area contributed by atoms with Gasteiger partial charge in [-0.05, 0) is 37.8 Å². The summed E-state index contributed by atoms with van der Waals surface area (Å²) < 4.78 is 37.4. The van der Waals surface area contributed by atoms with Crippen LogP contribution in [0.1, 0.15) is 25.7 Å². The van der Waals surface area contributed by atoms with Crippen molar-refractivity contribution in [3.8, 4) is 0 Å². The fourth-order valence-electron chi connectivity index (χ4n) is 2.15. The lowest BCUT2D eigenvalue weighted by molar-refractivity contribution is -0.0320. The Morgan fingerprint density at radius 2 is 1.95 bits per heavy atom. The van der Waals surface area contributed by atoms with Crippen LogP contribution in [0, 0.1) is 0 Å². The third-order valence-electron chi connectivity index (χ3n) is 3.40. The molecule has 1 aromatic rings. The Hall–Kier alpha value is -0.950. The van der Waals surface area contributed by atoms with Crippen molar-refractivity contribution < 1.29 is 17.9 Å². The van der Waals surface area contributed by atoms with Crippen LogP contribution < -0.4 is 4.72 Å². The molecule has 0 aromatic heterocycles. The molecular weight excluding hydrogens is 278 g/mol. The lowest BCUT2D eigenvalue weighted by Gasteiger charge is -2.17. The molecule has 0 spiro atoms. The van der Waals surface area contributed by atoms with Gasteiger partial charge in [0.2, 0.25) is 10.0 Å². The molecule has 1 aromatic carbocycles. The van der Waals surface area contributed by atoms with Gasteiger partial charge in [0.25, 0.3) is 0 Å². The maximum atomic E-state index is 12.3. The van der Waals surface area contributed by atoms with Gasteiger partial charge in [0.15, 0.2) is 0 Å². The molecule has 20 heavy (non-hydrogen) atoms. The smallest absolute Gasteiger partial charge is 0.241 e. The van der Waals surface area contributed by atoms with Crippen molar-refractivity contribution in [2.75, 3.05) is 20.5 Å². The summed E-state index contributed by atoms with van der Waals surface area (Å²) in [4.78, 5) is 0.321. The molecule has 5 nitrogen and oxygen atoms in total. The number of benzene rings is 1. The highest BCUT2D eigenvalue weighted by Crippen LogP contribution is 2.41. The average molecular weight is 299 g/mol. The van der Waals surface area contributed by atoms with Crippen LogP contribution in [0.5, 0.6) is 0 Å². The largest absolute Gasteiger partial charge is 0.359 e. The van der Waals surface area contributed by atoms with E-state index in [9.17, 15) is 8.42 Å². The number of nitrogens with one attached hydrogen (secondary N) is 1. The van der Waals surface area contributed by atoms with Crippen LogP contribution in [-0.4, -0.2) is 34.5 Å². The SMILES string of the molecule is COCOCCCC1(NS(=O)(=O)c2ccccc2)CC1. The summed E-state index contributed by atoms with van der Waals surface area (Å²) in [5.41, 5.74) is -0.273. The van der Waals surface area contributed by atoms with Gasteiger partial charge in [0, 0.05) is 19.3 Å². The predicted octanol–water partition coefficient (Wildman–Crippen LogP) is 1.90. The Kier molecular flexibility index (Phi) is 5.15. The first-order valence-electron chi connectivity index (χ1n) is 6.74. The van der Waals surface area contributed by atoms with Gasteiger partial charge in [-0.2, -0.15) is 0 Å². The molecule has 0 amide bonds. The Morgan fingerprint density at radius 3 is 2.55 bits per heavy atom. The van der Waals surface area contributed by atoms with Gasteiger partial charge >= 0.3 is 0 Å². The van der Waals surface area contributed by atoms with Crippen molar-refractivity contribution >= 4 is 10.0 Å². The molecule has 0 atom stereocenters. The molecule has 2 rings (SSSR count). The summed E-state index contributed by atoms with van der Waals surface area (Å²) in [7, 11) is -1.84. The summed E-state index contributed by atoms with van der Waals surface area (Å²) in [6, 6.07) is 8.48. The molecule has 0 radical (unpaired) electrons. The summed E-state index contributed by atoms with van der Waals surface area (Å²) in [5, 5.41) is 0. The molecule has 1 aliphatic rings. The molecule has 0 unspecified atom stereocenters. The van der Waals surface area contributed by atoms with E-state index in [4.69, 9.17) is 9.47 Å². The minimum Gasteiger partial charge on any atom is -0.359 e. The van der Waals surface area contributed by atoms with Crippen molar-refractivity contribution in [1.29, 1.82) is 0 Å². The second kappa shape index (κ2) is 6.67. The van der Waals surface area contributed by atoms with Crippen LogP contribution in [-0.2, 0) is 19.5 Å². The summed E-state index contributed by atoms with van der Waals surface area (Å²) in [6.07, 6.45) is 3.40. The van der Waals surface area contributed by atoms with Crippen molar-refractivity contribution in [2.45, 2.75) is 36.1 Å². The van der Waals surface area contributed by atoms with Gasteiger partial charge in [0.05, 0.1) is 4.90 Å².